The van der Waals surface area contributed by atoms with Crippen LogP contribution in [-0.4, -0.2) is 12.8 Å². The van der Waals surface area contributed by atoms with Crippen LogP contribution in [0.4, 0.5) is 0 Å². The zero-order valence-corrected chi connectivity index (χ0v) is 10.7. The Bertz CT molecular complexity index is 362. The Balaban J connectivity index is 2.91. The molecule has 0 aliphatic rings. The Morgan fingerprint density at radius 2 is 2.00 bits per heavy atom. The molecular weight excluding hydrogens is 265 g/mol. The van der Waals surface area contributed by atoms with Gasteiger partial charge in [0.05, 0.1) is 15.1 Å². The molecule has 78 valence electrons. The van der Waals surface area contributed by atoms with Gasteiger partial charge in [-0.05, 0) is 6.92 Å². The highest BCUT2D eigenvalue weighted by Crippen LogP contribution is 2.40. The standard InChI is InChI=1S/C8H8Cl3NOS/c1-4(12-13-2)3-5-6(9)8(11)14-7(5)10/h3H2,1-2H3. The molecule has 0 saturated heterocycles. The first-order valence-electron chi connectivity index (χ1n) is 3.75. The van der Waals surface area contributed by atoms with Crippen LogP contribution in [0.25, 0.3) is 0 Å². The summed E-state index contributed by atoms with van der Waals surface area (Å²) in [5.74, 6) is 0. The first kappa shape index (κ1) is 12.1. The van der Waals surface area contributed by atoms with Crippen LogP contribution in [0.5, 0.6) is 0 Å². The molecule has 1 heterocycles. The summed E-state index contributed by atoms with van der Waals surface area (Å²) in [6, 6.07) is 0. The van der Waals surface area contributed by atoms with Gasteiger partial charge < -0.3 is 4.84 Å². The number of thiophene rings is 1. The Morgan fingerprint density at radius 3 is 2.43 bits per heavy atom. The van der Waals surface area contributed by atoms with E-state index in [-0.39, 0.29) is 0 Å². The van der Waals surface area contributed by atoms with Crippen LogP contribution in [0.1, 0.15) is 12.5 Å². The average Bonchev–Trinajstić information content (AvgIpc) is 2.33. The van der Waals surface area contributed by atoms with E-state index in [0.29, 0.717) is 20.1 Å². The zero-order valence-electron chi connectivity index (χ0n) is 7.60. The second-order valence-electron chi connectivity index (χ2n) is 2.63. The van der Waals surface area contributed by atoms with Crippen molar-refractivity contribution in [2.75, 3.05) is 7.11 Å². The van der Waals surface area contributed by atoms with Crippen molar-refractivity contribution in [1.82, 2.24) is 0 Å². The SMILES string of the molecule is CON=C(C)Cc1c(Cl)sc(Cl)c1Cl. The number of oxime groups is 1. The van der Waals surface area contributed by atoms with Crippen LogP contribution >= 0.6 is 46.1 Å². The molecule has 0 bridgehead atoms. The van der Waals surface area contributed by atoms with E-state index in [2.05, 4.69) is 9.99 Å². The van der Waals surface area contributed by atoms with Gasteiger partial charge >= 0.3 is 0 Å². The molecular formula is C8H8Cl3NOS. The van der Waals surface area contributed by atoms with Crippen LogP contribution in [0.2, 0.25) is 13.7 Å². The molecule has 0 atom stereocenters. The molecule has 1 rings (SSSR count). The number of rotatable bonds is 3. The molecule has 0 fully saturated rings. The normalized spacial score (nSPS) is 11.9. The van der Waals surface area contributed by atoms with Gasteiger partial charge in [0.25, 0.3) is 0 Å². The molecule has 0 aromatic carbocycles. The molecule has 1 aromatic rings. The lowest BCUT2D eigenvalue weighted by Gasteiger charge is -1.99. The Hall–Kier alpha value is 0.0400. The number of halogens is 3. The third-order valence-electron chi connectivity index (χ3n) is 1.53. The minimum absolute atomic E-state index is 0.507. The minimum atomic E-state index is 0.507. The fourth-order valence-corrected chi connectivity index (χ4v) is 2.89. The van der Waals surface area contributed by atoms with Gasteiger partial charge in [0.1, 0.15) is 11.4 Å². The molecule has 6 heteroatoms. The molecule has 0 spiro atoms. The largest absolute Gasteiger partial charge is 0.399 e. The lowest BCUT2D eigenvalue weighted by Crippen LogP contribution is -1.97. The topological polar surface area (TPSA) is 21.6 Å². The first-order valence-corrected chi connectivity index (χ1v) is 5.70. The van der Waals surface area contributed by atoms with Crippen molar-refractivity contribution >= 4 is 51.9 Å². The maximum absolute atomic E-state index is 5.96. The molecule has 0 N–H and O–H groups in total. The van der Waals surface area contributed by atoms with Crippen molar-refractivity contribution in [3.8, 4) is 0 Å². The van der Waals surface area contributed by atoms with Gasteiger partial charge in [-0.25, -0.2) is 0 Å². The van der Waals surface area contributed by atoms with Crippen molar-refractivity contribution in [2.24, 2.45) is 5.16 Å². The molecule has 0 saturated carbocycles. The first-order chi connectivity index (χ1) is 6.56. The van der Waals surface area contributed by atoms with Crippen LogP contribution < -0.4 is 0 Å². The van der Waals surface area contributed by atoms with Gasteiger partial charge in [0, 0.05) is 12.0 Å². The fraction of sp³-hybridized carbons (Fsp3) is 0.375. The van der Waals surface area contributed by atoms with Crippen molar-refractivity contribution in [3.63, 3.8) is 0 Å². The highest BCUT2D eigenvalue weighted by Gasteiger charge is 2.14. The van der Waals surface area contributed by atoms with E-state index >= 15 is 0 Å². The molecule has 1 aromatic heterocycles. The van der Waals surface area contributed by atoms with Crippen molar-refractivity contribution in [3.05, 3.63) is 19.3 Å². The minimum Gasteiger partial charge on any atom is -0.399 e. The number of hydrogen-bond donors (Lipinski definition) is 0. The smallest absolute Gasteiger partial charge is 0.113 e. The van der Waals surface area contributed by atoms with Gasteiger partial charge in [0.2, 0.25) is 0 Å². The molecule has 0 radical (unpaired) electrons. The maximum atomic E-state index is 5.96. The van der Waals surface area contributed by atoms with Gasteiger partial charge in [0.15, 0.2) is 0 Å². The summed E-state index contributed by atoms with van der Waals surface area (Å²) in [6.45, 7) is 1.84. The van der Waals surface area contributed by atoms with Gasteiger partial charge in [-0.1, -0.05) is 40.0 Å². The third kappa shape index (κ3) is 2.76. The quantitative estimate of drug-likeness (QED) is 0.595. The summed E-state index contributed by atoms with van der Waals surface area (Å²) in [4.78, 5) is 4.63. The molecule has 0 amide bonds. The molecule has 0 aliphatic heterocycles. The lowest BCUT2D eigenvalue weighted by atomic mass is 10.2. The predicted octanol–water partition coefficient (Wildman–Crippen LogP) is 4.27. The van der Waals surface area contributed by atoms with E-state index in [9.17, 15) is 0 Å². The highest BCUT2D eigenvalue weighted by molar-refractivity contribution is 7.20. The maximum Gasteiger partial charge on any atom is 0.113 e. The highest BCUT2D eigenvalue weighted by atomic mass is 35.5. The van der Waals surface area contributed by atoms with E-state index in [1.54, 1.807) is 0 Å². The van der Waals surface area contributed by atoms with Gasteiger partial charge in [-0.2, -0.15) is 0 Å². The molecule has 2 nitrogen and oxygen atoms in total. The monoisotopic (exact) mass is 271 g/mol. The van der Waals surface area contributed by atoms with Crippen LogP contribution in [-0.2, 0) is 11.3 Å². The van der Waals surface area contributed by atoms with Crippen molar-refractivity contribution < 1.29 is 4.84 Å². The molecule has 0 aliphatic carbocycles. The second kappa shape index (κ2) is 5.21. The predicted molar refractivity (Wildman–Crippen MR) is 63.2 cm³/mol. The Labute approximate surface area is 101 Å². The van der Waals surface area contributed by atoms with Crippen molar-refractivity contribution in [2.45, 2.75) is 13.3 Å². The van der Waals surface area contributed by atoms with Crippen LogP contribution in [0, 0.1) is 0 Å². The summed E-state index contributed by atoms with van der Waals surface area (Å²) in [5.41, 5.74) is 1.60. The second-order valence-corrected chi connectivity index (χ2v) is 5.23. The van der Waals surface area contributed by atoms with Crippen LogP contribution in [0.3, 0.4) is 0 Å². The van der Waals surface area contributed by atoms with E-state index in [0.717, 1.165) is 11.3 Å². The van der Waals surface area contributed by atoms with E-state index in [1.807, 2.05) is 6.92 Å². The summed E-state index contributed by atoms with van der Waals surface area (Å²) < 4.78 is 1.11. The van der Waals surface area contributed by atoms with Crippen LogP contribution in [0.15, 0.2) is 5.16 Å². The molecule has 14 heavy (non-hydrogen) atoms. The average molecular weight is 273 g/mol. The fourth-order valence-electron chi connectivity index (χ4n) is 0.981. The summed E-state index contributed by atoms with van der Waals surface area (Å²) in [5, 5.41) is 4.28. The Morgan fingerprint density at radius 1 is 1.36 bits per heavy atom. The van der Waals surface area contributed by atoms with Gasteiger partial charge in [-0.3, -0.25) is 0 Å². The molecule has 0 unspecified atom stereocenters. The van der Waals surface area contributed by atoms with E-state index in [4.69, 9.17) is 34.8 Å². The summed E-state index contributed by atoms with van der Waals surface area (Å²) in [6.07, 6.45) is 0.550. The number of nitrogens with zero attached hydrogens (tertiary/aromatic N) is 1. The lowest BCUT2D eigenvalue weighted by molar-refractivity contribution is 0.212. The summed E-state index contributed by atoms with van der Waals surface area (Å²) in [7, 11) is 1.49. The third-order valence-corrected chi connectivity index (χ3v) is 3.85. The summed E-state index contributed by atoms with van der Waals surface area (Å²) >= 11 is 19.0. The zero-order chi connectivity index (χ0) is 10.7. The van der Waals surface area contributed by atoms with E-state index < -0.39 is 0 Å². The van der Waals surface area contributed by atoms with Crippen molar-refractivity contribution in [1.29, 1.82) is 0 Å². The number of hydrogen-bond acceptors (Lipinski definition) is 3. The Kier molecular flexibility index (Phi) is 4.51. The van der Waals surface area contributed by atoms with E-state index in [1.165, 1.54) is 18.4 Å². The van der Waals surface area contributed by atoms with Gasteiger partial charge in [-0.15, -0.1) is 11.3 Å².